The second kappa shape index (κ2) is 10.5. The van der Waals surface area contributed by atoms with Gasteiger partial charge in [-0.3, -0.25) is 4.79 Å². The minimum atomic E-state index is -0.470. The second-order valence-electron chi connectivity index (χ2n) is 6.07. The van der Waals surface area contributed by atoms with Crippen molar-refractivity contribution in [3.8, 4) is 0 Å². The average molecular weight is 383 g/mol. The Hall–Kier alpha value is -1.52. The Kier molecular flexibility index (Phi) is 8.29. The zero-order valence-electron chi connectivity index (χ0n) is 14.5. The van der Waals surface area contributed by atoms with E-state index in [0.29, 0.717) is 23.0 Å². The quantitative estimate of drug-likeness (QED) is 0.383. The van der Waals surface area contributed by atoms with Gasteiger partial charge in [0, 0.05) is 34.4 Å². The van der Waals surface area contributed by atoms with E-state index in [4.69, 9.17) is 27.9 Å². The van der Waals surface area contributed by atoms with E-state index in [1.54, 1.807) is 30.7 Å². The molecule has 0 N–H and O–H groups in total. The van der Waals surface area contributed by atoms with E-state index in [9.17, 15) is 4.79 Å². The van der Waals surface area contributed by atoms with E-state index in [-0.39, 0.29) is 5.97 Å². The molecule has 0 radical (unpaired) electrons. The van der Waals surface area contributed by atoms with Gasteiger partial charge in [-0.1, -0.05) is 61.9 Å². The van der Waals surface area contributed by atoms with Crippen molar-refractivity contribution in [3.05, 3.63) is 52.5 Å². The van der Waals surface area contributed by atoms with Crippen LogP contribution >= 0.6 is 23.2 Å². The predicted octanol–water partition coefficient (Wildman–Crippen LogP) is 5.83. The fourth-order valence-electron chi connectivity index (χ4n) is 2.64. The SMILES string of the molecule is CCCCCCCC(=O)OC(Cn1ccnc1)c1ccc(Cl)cc1Cl. The maximum Gasteiger partial charge on any atom is 0.306 e. The van der Waals surface area contributed by atoms with Crippen molar-refractivity contribution in [1.82, 2.24) is 9.55 Å². The number of rotatable bonds is 10. The first-order valence-corrected chi connectivity index (χ1v) is 9.46. The molecular weight excluding hydrogens is 359 g/mol. The molecule has 1 atom stereocenters. The summed E-state index contributed by atoms with van der Waals surface area (Å²) in [7, 11) is 0. The van der Waals surface area contributed by atoms with Crippen molar-refractivity contribution in [2.24, 2.45) is 0 Å². The number of nitrogens with zero attached hydrogens (tertiary/aromatic N) is 2. The zero-order valence-corrected chi connectivity index (χ0v) is 16.0. The fourth-order valence-corrected chi connectivity index (χ4v) is 3.17. The van der Waals surface area contributed by atoms with E-state index >= 15 is 0 Å². The van der Waals surface area contributed by atoms with Crippen LogP contribution in [0.25, 0.3) is 0 Å². The minimum Gasteiger partial charge on any atom is -0.455 e. The number of carbonyl (C=O) groups is 1. The Balaban J connectivity index is 2.00. The maximum atomic E-state index is 12.2. The Morgan fingerprint density at radius 1 is 1.24 bits per heavy atom. The zero-order chi connectivity index (χ0) is 18.1. The van der Waals surface area contributed by atoms with Crippen molar-refractivity contribution in [2.75, 3.05) is 0 Å². The molecule has 0 aliphatic rings. The minimum absolute atomic E-state index is 0.201. The Labute approximate surface area is 159 Å². The molecule has 0 spiro atoms. The standard InChI is InChI=1S/C19H24Cl2N2O2/c1-2-3-4-5-6-7-19(24)25-18(13-23-11-10-22-14-23)16-9-8-15(20)12-17(16)21/h8-12,14,18H,2-7,13H2,1H3. The Bertz CT molecular complexity index is 659. The summed E-state index contributed by atoms with van der Waals surface area (Å²) in [5, 5.41) is 1.05. The highest BCUT2D eigenvalue weighted by atomic mass is 35.5. The van der Waals surface area contributed by atoms with Crippen LogP contribution in [0.15, 0.2) is 36.9 Å². The lowest BCUT2D eigenvalue weighted by Gasteiger charge is -2.20. The lowest BCUT2D eigenvalue weighted by Crippen LogP contribution is -2.16. The van der Waals surface area contributed by atoms with E-state index in [2.05, 4.69) is 11.9 Å². The highest BCUT2D eigenvalue weighted by Crippen LogP contribution is 2.30. The fraction of sp³-hybridized carbons (Fsp3) is 0.474. The van der Waals surface area contributed by atoms with Crippen molar-refractivity contribution in [2.45, 2.75) is 58.1 Å². The van der Waals surface area contributed by atoms with E-state index in [1.165, 1.54) is 12.8 Å². The number of benzene rings is 1. The highest BCUT2D eigenvalue weighted by molar-refractivity contribution is 6.35. The normalized spacial score (nSPS) is 12.1. The van der Waals surface area contributed by atoms with Crippen LogP contribution in [0.3, 0.4) is 0 Å². The van der Waals surface area contributed by atoms with Crippen LogP contribution in [0.2, 0.25) is 10.0 Å². The molecule has 0 fully saturated rings. The van der Waals surface area contributed by atoms with Gasteiger partial charge in [0.05, 0.1) is 12.9 Å². The Morgan fingerprint density at radius 2 is 2.04 bits per heavy atom. The lowest BCUT2D eigenvalue weighted by atomic mass is 10.1. The molecule has 25 heavy (non-hydrogen) atoms. The summed E-state index contributed by atoms with van der Waals surface area (Å²) in [5.74, 6) is -0.201. The van der Waals surface area contributed by atoms with Crippen molar-refractivity contribution >= 4 is 29.2 Å². The van der Waals surface area contributed by atoms with Gasteiger partial charge >= 0.3 is 5.97 Å². The first kappa shape index (κ1) is 19.8. The second-order valence-corrected chi connectivity index (χ2v) is 6.91. The molecule has 6 heteroatoms. The molecule has 0 aliphatic carbocycles. The highest BCUT2D eigenvalue weighted by Gasteiger charge is 2.20. The molecule has 1 aromatic carbocycles. The maximum absolute atomic E-state index is 12.2. The van der Waals surface area contributed by atoms with Gasteiger partial charge < -0.3 is 9.30 Å². The van der Waals surface area contributed by atoms with Crippen LogP contribution in [-0.2, 0) is 16.1 Å². The molecule has 0 saturated heterocycles. The average Bonchev–Trinajstić information content (AvgIpc) is 3.07. The molecule has 0 saturated carbocycles. The molecule has 0 amide bonds. The van der Waals surface area contributed by atoms with E-state index in [0.717, 1.165) is 24.8 Å². The Morgan fingerprint density at radius 3 is 2.72 bits per heavy atom. The first-order valence-electron chi connectivity index (χ1n) is 8.70. The molecule has 136 valence electrons. The van der Waals surface area contributed by atoms with Crippen LogP contribution in [0.4, 0.5) is 0 Å². The summed E-state index contributed by atoms with van der Waals surface area (Å²) < 4.78 is 7.59. The lowest BCUT2D eigenvalue weighted by molar-refractivity contribution is -0.150. The summed E-state index contributed by atoms with van der Waals surface area (Å²) in [4.78, 5) is 16.3. The van der Waals surface area contributed by atoms with Gasteiger partial charge in [0.2, 0.25) is 0 Å². The number of hydrogen-bond acceptors (Lipinski definition) is 3. The summed E-state index contributed by atoms with van der Waals surface area (Å²) >= 11 is 12.3. The largest absolute Gasteiger partial charge is 0.455 e. The van der Waals surface area contributed by atoms with Crippen LogP contribution < -0.4 is 0 Å². The van der Waals surface area contributed by atoms with Crippen molar-refractivity contribution < 1.29 is 9.53 Å². The third-order valence-electron chi connectivity index (χ3n) is 4.00. The van der Waals surface area contributed by atoms with Gasteiger partial charge in [0.15, 0.2) is 0 Å². The number of esters is 1. The number of ether oxygens (including phenoxy) is 1. The van der Waals surface area contributed by atoms with Crippen LogP contribution in [0.1, 0.15) is 57.1 Å². The van der Waals surface area contributed by atoms with E-state index in [1.807, 2.05) is 10.8 Å². The number of hydrogen-bond donors (Lipinski definition) is 0. The monoisotopic (exact) mass is 382 g/mol. The molecule has 1 heterocycles. The number of halogens is 2. The summed E-state index contributed by atoms with van der Waals surface area (Å²) in [6, 6.07) is 5.22. The summed E-state index contributed by atoms with van der Waals surface area (Å²) in [6.07, 6.45) is 10.6. The van der Waals surface area contributed by atoms with Gasteiger partial charge in [0.1, 0.15) is 6.10 Å². The summed E-state index contributed by atoms with van der Waals surface area (Å²) in [5.41, 5.74) is 0.749. The molecule has 2 rings (SSSR count). The smallest absolute Gasteiger partial charge is 0.306 e. The van der Waals surface area contributed by atoms with Crippen LogP contribution in [-0.4, -0.2) is 15.5 Å². The number of unbranched alkanes of at least 4 members (excludes halogenated alkanes) is 4. The molecule has 2 aromatic rings. The van der Waals surface area contributed by atoms with Crippen LogP contribution in [0.5, 0.6) is 0 Å². The van der Waals surface area contributed by atoms with Gasteiger partial charge in [-0.15, -0.1) is 0 Å². The first-order chi connectivity index (χ1) is 12.1. The number of imidazole rings is 1. The van der Waals surface area contributed by atoms with Crippen molar-refractivity contribution in [3.63, 3.8) is 0 Å². The topological polar surface area (TPSA) is 44.1 Å². The molecule has 1 aromatic heterocycles. The summed E-state index contributed by atoms with van der Waals surface area (Å²) in [6.45, 7) is 2.63. The third-order valence-corrected chi connectivity index (χ3v) is 4.57. The van der Waals surface area contributed by atoms with E-state index < -0.39 is 6.10 Å². The number of aromatic nitrogens is 2. The van der Waals surface area contributed by atoms with Crippen molar-refractivity contribution in [1.29, 1.82) is 0 Å². The van der Waals surface area contributed by atoms with Gasteiger partial charge in [-0.2, -0.15) is 0 Å². The third kappa shape index (κ3) is 6.71. The molecule has 0 aliphatic heterocycles. The molecule has 0 bridgehead atoms. The molecule has 4 nitrogen and oxygen atoms in total. The van der Waals surface area contributed by atoms with Gasteiger partial charge in [-0.25, -0.2) is 4.98 Å². The van der Waals surface area contributed by atoms with Crippen LogP contribution in [0, 0.1) is 0 Å². The molecule has 1 unspecified atom stereocenters. The van der Waals surface area contributed by atoms with Gasteiger partial charge in [0.25, 0.3) is 0 Å². The molecular formula is C19H24Cl2N2O2. The van der Waals surface area contributed by atoms with Gasteiger partial charge in [-0.05, 0) is 18.6 Å². The number of carbonyl (C=O) groups excluding carboxylic acids is 1. The predicted molar refractivity (Wildman–Crippen MR) is 101 cm³/mol.